The molecule has 0 N–H and O–H groups in total. The maximum Gasteiger partial charge on any atom is 0.224 e. The second kappa shape index (κ2) is 14.1. The van der Waals surface area contributed by atoms with Gasteiger partial charge in [-0.25, -0.2) is 0 Å². The minimum atomic E-state index is -0.948. The van der Waals surface area contributed by atoms with Gasteiger partial charge in [0.25, 0.3) is 0 Å². The van der Waals surface area contributed by atoms with Crippen molar-refractivity contribution in [3.05, 3.63) is 121 Å². The highest BCUT2D eigenvalue weighted by molar-refractivity contribution is 7.75. The zero-order valence-electron chi connectivity index (χ0n) is 28.9. The summed E-state index contributed by atoms with van der Waals surface area (Å²) in [6.07, 6.45) is 5.08. The van der Waals surface area contributed by atoms with E-state index in [1.165, 1.54) is 21.2 Å². The van der Waals surface area contributed by atoms with Gasteiger partial charge in [0.05, 0.1) is 25.4 Å². The molecule has 4 aromatic rings. The minimum Gasteiger partial charge on any atom is -0.345 e. The van der Waals surface area contributed by atoms with E-state index >= 15 is 0 Å². The van der Waals surface area contributed by atoms with Gasteiger partial charge in [0.2, 0.25) is 11.6 Å². The van der Waals surface area contributed by atoms with Crippen LogP contribution in [0.15, 0.2) is 121 Å². The van der Waals surface area contributed by atoms with Crippen LogP contribution in [-0.2, 0) is 18.9 Å². The van der Waals surface area contributed by atoms with Crippen molar-refractivity contribution in [1.82, 2.24) is 0 Å². The lowest BCUT2D eigenvalue weighted by molar-refractivity contribution is -0.484. The van der Waals surface area contributed by atoms with E-state index in [4.69, 9.17) is 18.9 Å². The summed E-state index contributed by atoms with van der Waals surface area (Å²) in [4.78, 5) is 0. The third kappa shape index (κ3) is 6.23. The maximum absolute atomic E-state index is 7.77. The summed E-state index contributed by atoms with van der Waals surface area (Å²) in [5.74, 6) is -1.90. The molecule has 0 bridgehead atoms. The van der Waals surface area contributed by atoms with Crippen LogP contribution >= 0.6 is 15.8 Å². The predicted octanol–water partition coefficient (Wildman–Crippen LogP) is 8.39. The van der Waals surface area contributed by atoms with E-state index < -0.39 is 27.4 Å². The van der Waals surface area contributed by atoms with Crippen molar-refractivity contribution in [2.45, 2.75) is 100 Å². The second-order valence-corrected chi connectivity index (χ2v) is 20.2. The van der Waals surface area contributed by atoms with E-state index in [1.54, 1.807) is 0 Å². The molecule has 2 spiro atoms. The molecule has 0 aromatic heterocycles. The van der Waals surface area contributed by atoms with Gasteiger partial charge in [0.1, 0.15) is 0 Å². The normalized spacial score (nSPS) is 26.7. The van der Waals surface area contributed by atoms with E-state index in [0.717, 1.165) is 38.5 Å². The topological polar surface area (TPSA) is 36.9 Å². The van der Waals surface area contributed by atoms with Crippen molar-refractivity contribution in [3.8, 4) is 0 Å². The second-order valence-electron chi connectivity index (χ2n) is 14.5. The number of rotatable bonds is 8. The van der Waals surface area contributed by atoms with Crippen LogP contribution in [0.5, 0.6) is 0 Å². The molecule has 0 amide bonds. The van der Waals surface area contributed by atoms with Gasteiger partial charge >= 0.3 is 0 Å². The average molecular weight is 681 g/mol. The number of benzene rings is 4. The van der Waals surface area contributed by atoms with Crippen molar-refractivity contribution in [3.63, 3.8) is 0 Å². The number of hydrogen-bond donors (Lipinski definition) is 0. The summed E-state index contributed by atoms with van der Waals surface area (Å²) in [5, 5.41) is 4.65. The zero-order chi connectivity index (χ0) is 33.2. The van der Waals surface area contributed by atoms with Crippen LogP contribution in [0.2, 0.25) is 0 Å². The quantitative estimate of drug-likeness (QED) is 0.175. The Bertz CT molecular complexity index is 1400. The van der Waals surface area contributed by atoms with Gasteiger partial charge in [-0.2, -0.15) is 0 Å². The Hall–Kier alpha value is -2.42. The number of hydrogen-bond acceptors (Lipinski definition) is 4. The van der Waals surface area contributed by atoms with E-state index in [1.807, 2.05) is 0 Å². The molecule has 4 aromatic carbocycles. The van der Waals surface area contributed by atoms with E-state index in [2.05, 4.69) is 149 Å². The van der Waals surface area contributed by atoms with Crippen LogP contribution in [0.1, 0.15) is 66.2 Å². The molecule has 6 heteroatoms. The SMILES string of the molecule is CC(C)([C@H]1O[C@]2(CCCCO2)[C@@]2(CCCCO2)O[C@@H]1C(C)(C)P(c1ccccc1)c1ccccc1)P(c1ccccc1)c1ccccc1. The molecule has 3 aliphatic rings. The molecule has 0 radical (unpaired) electrons. The first-order chi connectivity index (χ1) is 23.3. The smallest absolute Gasteiger partial charge is 0.224 e. The van der Waals surface area contributed by atoms with Gasteiger partial charge in [-0.15, -0.1) is 0 Å². The highest BCUT2D eigenvalue weighted by atomic mass is 31.1. The molecule has 3 aliphatic heterocycles. The Morgan fingerprint density at radius 2 is 0.750 bits per heavy atom. The van der Waals surface area contributed by atoms with Crippen LogP contribution < -0.4 is 21.2 Å². The van der Waals surface area contributed by atoms with E-state index in [0.29, 0.717) is 13.2 Å². The fraction of sp³-hybridized carbons (Fsp3) is 0.429. The molecule has 48 heavy (non-hydrogen) atoms. The first-order valence-corrected chi connectivity index (χ1v) is 20.4. The fourth-order valence-corrected chi connectivity index (χ4v) is 14.3. The highest BCUT2D eigenvalue weighted by Gasteiger charge is 2.68. The summed E-state index contributed by atoms with van der Waals surface area (Å²) < 4.78 is 29.2. The molecule has 3 saturated heterocycles. The standard InChI is InChI=1S/C42H50O4P2/c1-39(2,47(33-21-9-5-10-22-33)34-23-11-6-12-24-34)37-38(46-42(30-18-20-32-44-42)41(45-37)29-17-19-31-43-41)40(3,4)48(35-25-13-7-14-26-35)36-27-15-8-16-28-36/h5-16,21-28,37-38H,17-20,29-32H2,1-4H3/t37-,38-,41+,42+/m0/s1. The Labute approximate surface area is 290 Å². The molecule has 0 aliphatic carbocycles. The predicted molar refractivity (Wildman–Crippen MR) is 201 cm³/mol. The van der Waals surface area contributed by atoms with Gasteiger partial charge in [0.15, 0.2) is 0 Å². The van der Waals surface area contributed by atoms with Crippen molar-refractivity contribution in [1.29, 1.82) is 0 Å². The van der Waals surface area contributed by atoms with Crippen LogP contribution in [0, 0.1) is 0 Å². The first kappa shape index (κ1) is 34.0. The van der Waals surface area contributed by atoms with Crippen LogP contribution in [0.3, 0.4) is 0 Å². The van der Waals surface area contributed by atoms with Gasteiger partial charge in [-0.1, -0.05) is 149 Å². The number of ether oxygens (including phenoxy) is 4. The van der Waals surface area contributed by atoms with Crippen LogP contribution in [-0.4, -0.2) is 47.3 Å². The lowest BCUT2D eigenvalue weighted by Crippen LogP contribution is -2.75. The van der Waals surface area contributed by atoms with Crippen molar-refractivity contribution < 1.29 is 18.9 Å². The Morgan fingerprint density at radius 1 is 0.458 bits per heavy atom. The molecule has 4 nitrogen and oxygen atoms in total. The third-order valence-corrected chi connectivity index (χ3v) is 16.6. The first-order valence-electron chi connectivity index (χ1n) is 17.7. The molecule has 4 atom stereocenters. The van der Waals surface area contributed by atoms with Crippen molar-refractivity contribution in [2.75, 3.05) is 13.2 Å². The average Bonchev–Trinajstić information content (AvgIpc) is 3.12. The molecule has 0 unspecified atom stereocenters. The van der Waals surface area contributed by atoms with E-state index in [9.17, 15) is 0 Å². The number of fused-ring (bicyclic) bond motifs is 1. The van der Waals surface area contributed by atoms with Gasteiger partial charge < -0.3 is 18.9 Å². The Balaban J connectivity index is 1.43. The third-order valence-electron chi connectivity index (χ3n) is 10.6. The molecule has 252 valence electrons. The van der Waals surface area contributed by atoms with Gasteiger partial charge in [0, 0.05) is 23.2 Å². The molecule has 3 fully saturated rings. The van der Waals surface area contributed by atoms with Gasteiger partial charge in [-0.05, 0) is 62.7 Å². The Morgan fingerprint density at radius 3 is 1.00 bits per heavy atom. The lowest BCUT2D eigenvalue weighted by Gasteiger charge is -2.63. The fourth-order valence-electron chi connectivity index (χ4n) is 8.26. The van der Waals surface area contributed by atoms with Crippen molar-refractivity contribution >= 4 is 37.1 Å². The Kier molecular flexibility index (Phi) is 9.98. The maximum atomic E-state index is 7.77. The minimum absolute atomic E-state index is 0.286. The summed E-state index contributed by atoms with van der Waals surface area (Å²) in [5.41, 5.74) is 0. The molecular weight excluding hydrogens is 630 g/mol. The molecular formula is C42H50O4P2. The monoisotopic (exact) mass is 680 g/mol. The largest absolute Gasteiger partial charge is 0.345 e. The summed E-state index contributed by atoms with van der Waals surface area (Å²) >= 11 is 0. The summed E-state index contributed by atoms with van der Waals surface area (Å²) in [6.45, 7) is 11.0. The summed E-state index contributed by atoms with van der Waals surface area (Å²) in [7, 11) is -1.76. The zero-order valence-corrected chi connectivity index (χ0v) is 30.7. The summed E-state index contributed by atoms with van der Waals surface area (Å²) in [6, 6.07) is 44.2. The van der Waals surface area contributed by atoms with Crippen LogP contribution in [0.25, 0.3) is 0 Å². The van der Waals surface area contributed by atoms with Gasteiger partial charge in [-0.3, -0.25) is 0 Å². The molecule has 3 heterocycles. The molecule has 7 rings (SSSR count). The molecule has 0 saturated carbocycles. The van der Waals surface area contributed by atoms with Crippen LogP contribution in [0.4, 0.5) is 0 Å². The van der Waals surface area contributed by atoms with Crippen molar-refractivity contribution in [2.24, 2.45) is 0 Å². The van der Waals surface area contributed by atoms with E-state index in [-0.39, 0.29) is 22.5 Å². The lowest BCUT2D eigenvalue weighted by atomic mass is 9.84. The highest BCUT2D eigenvalue weighted by Crippen LogP contribution is 2.62.